The monoisotopic (exact) mass is 459 g/mol. The van der Waals surface area contributed by atoms with E-state index in [9.17, 15) is 9.90 Å². The van der Waals surface area contributed by atoms with Crippen LogP contribution >= 0.6 is 15.9 Å². The van der Waals surface area contributed by atoms with Crippen LogP contribution in [0.2, 0.25) is 0 Å². The number of aliphatic hydroxyl groups is 1. The molecule has 5 heteroatoms. The van der Waals surface area contributed by atoms with E-state index in [0.29, 0.717) is 23.4 Å². The van der Waals surface area contributed by atoms with Crippen LogP contribution in [0.5, 0.6) is 5.75 Å². The summed E-state index contributed by atoms with van der Waals surface area (Å²) in [6, 6.07) is 9.49. The SMILES string of the molecule is Cc1c(NC(=O)CC(C)(C)C)cc2c(c1C)OC(C)(C)C2(O)c1ccc(Br)cc1. The number of carbonyl (C=O) groups is 1. The molecule has 0 aromatic heterocycles. The third kappa shape index (κ3) is 3.82. The van der Waals surface area contributed by atoms with Crippen molar-refractivity contribution in [1.82, 2.24) is 0 Å². The minimum absolute atomic E-state index is 0.0368. The minimum atomic E-state index is -1.34. The van der Waals surface area contributed by atoms with E-state index in [1.165, 1.54) is 0 Å². The van der Waals surface area contributed by atoms with Crippen molar-refractivity contribution < 1.29 is 14.6 Å². The number of carbonyl (C=O) groups excluding carboxylic acids is 1. The molecule has 1 aliphatic rings. The number of anilines is 1. The lowest BCUT2D eigenvalue weighted by Gasteiger charge is -2.36. The van der Waals surface area contributed by atoms with Crippen LogP contribution in [-0.2, 0) is 10.4 Å². The van der Waals surface area contributed by atoms with Crippen molar-refractivity contribution in [2.24, 2.45) is 5.41 Å². The van der Waals surface area contributed by atoms with Crippen molar-refractivity contribution in [3.63, 3.8) is 0 Å². The number of halogens is 1. The second-order valence-corrected chi connectivity index (χ2v) is 10.6. The van der Waals surface area contributed by atoms with Gasteiger partial charge in [-0.25, -0.2) is 0 Å². The average molecular weight is 460 g/mol. The highest BCUT2D eigenvalue weighted by molar-refractivity contribution is 9.10. The number of fused-ring (bicyclic) bond motifs is 1. The van der Waals surface area contributed by atoms with Gasteiger partial charge in [0.05, 0.1) is 0 Å². The Morgan fingerprint density at radius 3 is 2.28 bits per heavy atom. The van der Waals surface area contributed by atoms with E-state index in [2.05, 4.69) is 21.2 Å². The number of hydrogen-bond donors (Lipinski definition) is 2. The summed E-state index contributed by atoms with van der Waals surface area (Å²) in [4.78, 5) is 12.6. The van der Waals surface area contributed by atoms with Crippen molar-refractivity contribution in [2.45, 2.75) is 66.1 Å². The Kier molecular flexibility index (Phi) is 5.38. The van der Waals surface area contributed by atoms with Gasteiger partial charge in [-0.05, 0) is 68.0 Å². The van der Waals surface area contributed by atoms with Crippen LogP contribution in [-0.4, -0.2) is 16.6 Å². The fourth-order valence-electron chi connectivity index (χ4n) is 3.95. The zero-order valence-corrected chi connectivity index (χ0v) is 19.8. The van der Waals surface area contributed by atoms with Gasteiger partial charge in [0, 0.05) is 22.1 Å². The highest BCUT2D eigenvalue weighted by Crippen LogP contribution is 2.54. The lowest BCUT2D eigenvalue weighted by atomic mass is 9.76. The van der Waals surface area contributed by atoms with Crippen LogP contribution in [0.15, 0.2) is 34.8 Å². The normalized spacial score (nSPS) is 20.2. The van der Waals surface area contributed by atoms with Gasteiger partial charge in [-0.15, -0.1) is 0 Å². The Bertz CT molecular complexity index is 958. The maximum Gasteiger partial charge on any atom is 0.224 e. The molecule has 1 amide bonds. The van der Waals surface area contributed by atoms with Gasteiger partial charge in [-0.1, -0.05) is 48.8 Å². The first-order valence-corrected chi connectivity index (χ1v) is 10.7. The molecule has 0 saturated carbocycles. The summed E-state index contributed by atoms with van der Waals surface area (Å²) in [7, 11) is 0. The van der Waals surface area contributed by atoms with Gasteiger partial charge >= 0.3 is 0 Å². The standard InChI is InChI=1S/C24H30BrNO3/c1-14-15(2)21-18(12-19(14)26-20(27)13-22(3,4)5)24(28,23(6,7)29-21)16-8-10-17(25)11-9-16/h8-12,28H,13H2,1-7H3,(H,26,27). The Labute approximate surface area is 181 Å². The molecule has 3 rings (SSSR count). The van der Waals surface area contributed by atoms with Crippen molar-refractivity contribution in [3.8, 4) is 5.75 Å². The first-order chi connectivity index (χ1) is 13.3. The molecule has 1 atom stereocenters. The number of nitrogens with one attached hydrogen (secondary N) is 1. The largest absolute Gasteiger partial charge is 0.483 e. The summed E-state index contributed by atoms with van der Waals surface area (Å²) in [5, 5.41) is 15.0. The maximum absolute atomic E-state index is 12.6. The molecule has 2 N–H and O–H groups in total. The van der Waals surface area contributed by atoms with Gasteiger partial charge in [0.15, 0.2) is 5.60 Å². The van der Waals surface area contributed by atoms with E-state index >= 15 is 0 Å². The molecule has 1 unspecified atom stereocenters. The third-order valence-corrected chi connectivity index (χ3v) is 6.21. The summed E-state index contributed by atoms with van der Waals surface area (Å²) < 4.78 is 7.21. The predicted molar refractivity (Wildman–Crippen MR) is 120 cm³/mol. The summed E-state index contributed by atoms with van der Waals surface area (Å²) in [6.45, 7) is 13.8. The maximum atomic E-state index is 12.6. The highest BCUT2D eigenvalue weighted by atomic mass is 79.9. The van der Waals surface area contributed by atoms with Crippen LogP contribution in [0.4, 0.5) is 5.69 Å². The lowest BCUT2D eigenvalue weighted by molar-refractivity contribution is -0.117. The van der Waals surface area contributed by atoms with Crippen molar-refractivity contribution in [3.05, 3.63) is 57.1 Å². The number of benzene rings is 2. The number of ether oxygens (including phenoxy) is 1. The summed E-state index contributed by atoms with van der Waals surface area (Å²) in [5.74, 6) is 0.650. The molecule has 0 aliphatic carbocycles. The molecular weight excluding hydrogens is 430 g/mol. The molecule has 0 spiro atoms. The van der Waals surface area contributed by atoms with Crippen LogP contribution in [0.25, 0.3) is 0 Å². The van der Waals surface area contributed by atoms with Gasteiger partial charge in [-0.3, -0.25) is 4.79 Å². The average Bonchev–Trinajstić information content (AvgIpc) is 2.79. The number of rotatable bonds is 3. The fourth-order valence-corrected chi connectivity index (χ4v) is 4.21. The van der Waals surface area contributed by atoms with E-state index < -0.39 is 11.2 Å². The molecule has 29 heavy (non-hydrogen) atoms. The van der Waals surface area contributed by atoms with E-state index in [-0.39, 0.29) is 11.3 Å². The van der Waals surface area contributed by atoms with Crippen LogP contribution in [0.3, 0.4) is 0 Å². The van der Waals surface area contributed by atoms with Crippen LogP contribution < -0.4 is 10.1 Å². The Morgan fingerprint density at radius 1 is 1.14 bits per heavy atom. The highest BCUT2D eigenvalue weighted by Gasteiger charge is 2.55. The molecule has 4 nitrogen and oxygen atoms in total. The second-order valence-electron chi connectivity index (χ2n) is 9.67. The van der Waals surface area contributed by atoms with Crippen LogP contribution in [0, 0.1) is 19.3 Å². The quantitative estimate of drug-likeness (QED) is 0.605. The molecule has 0 radical (unpaired) electrons. The zero-order chi connectivity index (χ0) is 21.8. The first-order valence-electron chi connectivity index (χ1n) is 9.88. The summed E-state index contributed by atoms with van der Waals surface area (Å²) >= 11 is 3.46. The van der Waals surface area contributed by atoms with Crippen molar-refractivity contribution in [1.29, 1.82) is 0 Å². The Balaban J connectivity index is 2.13. The molecule has 2 aromatic rings. The lowest BCUT2D eigenvalue weighted by Crippen LogP contribution is -2.47. The van der Waals surface area contributed by atoms with E-state index in [1.807, 2.05) is 78.8 Å². The van der Waals surface area contributed by atoms with Gasteiger partial charge < -0.3 is 15.2 Å². The number of hydrogen-bond acceptors (Lipinski definition) is 3. The molecule has 0 fully saturated rings. The van der Waals surface area contributed by atoms with Gasteiger partial charge in [0.1, 0.15) is 11.4 Å². The van der Waals surface area contributed by atoms with E-state index in [4.69, 9.17) is 4.74 Å². The molecular formula is C24H30BrNO3. The van der Waals surface area contributed by atoms with Crippen molar-refractivity contribution in [2.75, 3.05) is 5.32 Å². The topological polar surface area (TPSA) is 58.6 Å². The van der Waals surface area contributed by atoms with E-state index in [0.717, 1.165) is 21.2 Å². The summed E-state index contributed by atoms with van der Waals surface area (Å²) in [6.07, 6.45) is 0.418. The zero-order valence-electron chi connectivity index (χ0n) is 18.2. The second kappa shape index (κ2) is 7.13. The first kappa shape index (κ1) is 21.8. The Hall–Kier alpha value is -1.85. The van der Waals surface area contributed by atoms with E-state index in [1.54, 1.807) is 0 Å². The molecule has 0 bridgehead atoms. The molecule has 0 saturated heterocycles. The Morgan fingerprint density at radius 2 is 1.72 bits per heavy atom. The van der Waals surface area contributed by atoms with Crippen LogP contribution in [0.1, 0.15) is 63.3 Å². The molecule has 156 valence electrons. The summed E-state index contributed by atoms with van der Waals surface area (Å²) in [5.41, 5.74) is 1.70. The molecule has 1 aliphatic heterocycles. The molecule has 1 heterocycles. The van der Waals surface area contributed by atoms with Gasteiger partial charge in [-0.2, -0.15) is 0 Å². The predicted octanol–water partition coefficient (Wildman–Crippen LogP) is 5.85. The van der Waals surface area contributed by atoms with Crippen molar-refractivity contribution >= 4 is 27.5 Å². The third-order valence-electron chi connectivity index (χ3n) is 5.69. The van der Waals surface area contributed by atoms with Gasteiger partial charge in [0.25, 0.3) is 0 Å². The minimum Gasteiger partial charge on any atom is -0.483 e. The number of amides is 1. The smallest absolute Gasteiger partial charge is 0.224 e. The fraction of sp³-hybridized carbons (Fsp3) is 0.458. The van der Waals surface area contributed by atoms with Gasteiger partial charge in [0.2, 0.25) is 5.91 Å². The molecule has 2 aromatic carbocycles.